The van der Waals surface area contributed by atoms with Crippen molar-refractivity contribution in [2.75, 3.05) is 32.7 Å². The lowest BCUT2D eigenvalue weighted by atomic mass is 9.93. The van der Waals surface area contributed by atoms with Crippen molar-refractivity contribution in [3.63, 3.8) is 0 Å². The Labute approximate surface area is 111 Å². The second-order valence-corrected chi connectivity index (χ2v) is 7.73. The molecule has 3 heteroatoms. The summed E-state index contributed by atoms with van der Waals surface area (Å²) in [6.07, 6.45) is 5.67. The van der Waals surface area contributed by atoms with E-state index in [0.717, 1.165) is 16.4 Å². The van der Waals surface area contributed by atoms with Gasteiger partial charge in [0.15, 0.2) is 0 Å². The fourth-order valence-electron chi connectivity index (χ4n) is 3.24. The van der Waals surface area contributed by atoms with Gasteiger partial charge in [-0.25, -0.2) is 0 Å². The lowest BCUT2D eigenvalue weighted by molar-refractivity contribution is 0.249. The van der Waals surface area contributed by atoms with Gasteiger partial charge in [-0.15, -0.1) is 0 Å². The quantitative estimate of drug-likeness (QED) is 0.832. The largest absolute Gasteiger partial charge is 0.317 e. The van der Waals surface area contributed by atoms with Crippen molar-refractivity contribution in [3.8, 4) is 0 Å². The molecule has 2 aliphatic rings. The Morgan fingerprint density at radius 1 is 1.12 bits per heavy atom. The van der Waals surface area contributed by atoms with E-state index in [1.165, 1.54) is 58.4 Å². The summed E-state index contributed by atoms with van der Waals surface area (Å²) in [7, 11) is 0. The van der Waals surface area contributed by atoms with Crippen molar-refractivity contribution in [3.05, 3.63) is 0 Å². The van der Waals surface area contributed by atoms with E-state index in [1.807, 2.05) is 0 Å². The van der Waals surface area contributed by atoms with Crippen LogP contribution in [0.3, 0.4) is 0 Å². The van der Waals surface area contributed by atoms with Crippen LogP contribution in [-0.2, 0) is 0 Å². The normalized spacial score (nSPS) is 32.8. The van der Waals surface area contributed by atoms with E-state index in [0.29, 0.717) is 0 Å². The third-order valence-corrected chi connectivity index (χ3v) is 5.27. The van der Waals surface area contributed by atoms with Gasteiger partial charge in [0.1, 0.15) is 0 Å². The standard InChI is InChI=1S/C14H28N2S/c1-12-10-16(11-13(2)17-12)9-3-4-14-5-7-15-8-6-14/h12-15H,3-11H2,1-2H3. The van der Waals surface area contributed by atoms with Crippen LogP contribution in [-0.4, -0.2) is 48.1 Å². The SMILES string of the molecule is CC1CN(CCCC2CCNCC2)CC(C)S1. The summed E-state index contributed by atoms with van der Waals surface area (Å²) < 4.78 is 0. The molecule has 2 heterocycles. The van der Waals surface area contributed by atoms with Crippen LogP contribution in [0.25, 0.3) is 0 Å². The Balaban J connectivity index is 1.60. The molecule has 0 aliphatic carbocycles. The molecule has 0 bridgehead atoms. The molecule has 2 fully saturated rings. The summed E-state index contributed by atoms with van der Waals surface area (Å²) in [5.41, 5.74) is 0. The second kappa shape index (κ2) is 7.01. The molecular weight excluding hydrogens is 228 g/mol. The summed E-state index contributed by atoms with van der Waals surface area (Å²) in [6, 6.07) is 0. The maximum Gasteiger partial charge on any atom is 0.0149 e. The van der Waals surface area contributed by atoms with Gasteiger partial charge in [-0.05, 0) is 51.2 Å². The summed E-state index contributed by atoms with van der Waals surface area (Å²) in [6.45, 7) is 11.2. The van der Waals surface area contributed by atoms with E-state index in [4.69, 9.17) is 0 Å². The molecule has 0 aromatic heterocycles. The molecule has 0 amide bonds. The molecule has 0 aromatic rings. The number of rotatable bonds is 4. The zero-order valence-corrected chi connectivity index (χ0v) is 12.3. The first kappa shape index (κ1) is 13.7. The first-order chi connectivity index (χ1) is 8.24. The Kier molecular flexibility index (Phi) is 5.64. The van der Waals surface area contributed by atoms with Gasteiger partial charge in [0.2, 0.25) is 0 Å². The minimum Gasteiger partial charge on any atom is -0.317 e. The van der Waals surface area contributed by atoms with Crippen molar-refractivity contribution in [1.82, 2.24) is 10.2 Å². The number of hydrogen-bond acceptors (Lipinski definition) is 3. The van der Waals surface area contributed by atoms with Gasteiger partial charge in [0, 0.05) is 23.6 Å². The molecule has 2 nitrogen and oxygen atoms in total. The molecule has 17 heavy (non-hydrogen) atoms. The molecular formula is C14H28N2S. The third-order valence-electron chi connectivity index (χ3n) is 4.04. The molecule has 2 unspecified atom stereocenters. The van der Waals surface area contributed by atoms with E-state index < -0.39 is 0 Å². The maximum absolute atomic E-state index is 3.45. The van der Waals surface area contributed by atoms with Crippen LogP contribution in [0.15, 0.2) is 0 Å². The number of piperidine rings is 1. The molecule has 2 rings (SSSR count). The fourth-order valence-corrected chi connectivity index (χ4v) is 4.63. The Morgan fingerprint density at radius 3 is 2.41 bits per heavy atom. The monoisotopic (exact) mass is 256 g/mol. The van der Waals surface area contributed by atoms with E-state index in [2.05, 4.69) is 35.8 Å². The van der Waals surface area contributed by atoms with Gasteiger partial charge in [-0.2, -0.15) is 11.8 Å². The molecule has 0 spiro atoms. The number of nitrogens with one attached hydrogen (secondary N) is 1. The van der Waals surface area contributed by atoms with Gasteiger partial charge >= 0.3 is 0 Å². The van der Waals surface area contributed by atoms with Gasteiger partial charge < -0.3 is 10.2 Å². The smallest absolute Gasteiger partial charge is 0.0149 e. The molecule has 2 aliphatic heterocycles. The molecule has 0 saturated carbocycles. The molecule has 0 aromatic carbocycles. The molecule has 100 valence electrons. The van der Waals surface area contributed by atoms with Gasteiger partial charge in [-0.3, -0.25) is 0 Å². The average Bonchev–Trinajstić information content (AvgIpc) is 2.29. The molecule has 1 N–H and O–H groups in total. The molecule has 2 saturated heterocycles. The van der Waals surface area contributed by atoms with Crippen molar-refractivity contribution in [2.45, 2.75) is 50.0 Å². The highest BCUT2D eigenvalue weighted by Crippen LogP contribution is 2.25. The van der Waals surface area contributed by atoms with Crippen LogP contribution in [0.1, 0.15) is 39.5 Å². The van der Waals surface area contributed by atoms with E-state index in [-0.39, 0.29) is 0 Å². The highest BCUT2D eigenvalue weighted by atomic mass is 32.2. The Bertz CT molecular complexity index is 206. The lowest BCUT2D eigenvalue weighted by Gasteiger charge is -2.35. The highest BCUT2D eigenvalue weighted by molar-refractivity contribution is 8.00. The number of thioether (sulfide) groups is 1. The van der Waals surface area contributed by atoms with Crippen LogP contribution in [0.5, 0.6) is 0 Å². The summed E-state index contributed by atoms with van der Waals surface area (Å²) in [4.78, 5) is 2.69. The summed E-state index contributed by atoms with van der Waals surface area (Å²) in [5, 5.41) is 5.12. The lowest BCUT2D eigenvalue weighted by Crippen LogP contribution is -2.41. The number of hydrogen-bond donors (Lipinski definition) is 1. The predicted octanol–water partition coefficient (Wildman–Crippen LogP) is 2.59. The van der Waals surface area contributed by atoms with E-state index >= 15 is 0 Å². The predicted molar refractivity (Wildman–Crippen MR) is 77.8 cm³/mol. The van der Waals surface area contributed by atoms with Crippen molar-refractivity contribution >= 4 is 11.8 Å². The first-order valence-electron chi connectivity index (χ1n) is 7.32. The van der Waals surface area contributed by atoms with Crippen molar-refractivity contribution in [1.29, 1.82) is 0 Å². The van der Waals surface area contributed by atoms with Crippen LogP contribution in [0.4, 0.5) is 0 Å². The number of nitrogens with zero attached hydrogens (tertiary/aromatic N) is 1. The Hall–Kier alpha value is 0.270. The first-order valence-corrected chi connectivity index (χ1v) is 8.27. The van der Waals surface area contributed by atoms with E-state index in [9.17, 15) is 0 Å². The zero-order chi connectivity index (χ0) is 12.1. The summed E-state index contributed by atoms with van der Waals surface area (Å²) in [5.74, 6) is 1.00. The fraction of sp³-hybridized carbons (Fsp3) is 1.00. The highest BCUT2D eigenvalue weighted by Gasteiger charge is 2.22. The van der Waals surface area contributed by atoms with Crippen molar-refractivity contribution in [2.24, 2.45) is 5.92 Å². The summed E-state index contributed by atoms with van der Waals surface area (Å²) >= 11 is 2.16. The third kappa shape index (κ3) is 4.80. The van der Waals surface area contributed by atoms with Gasteiger partial charge in [0.25, 0.3) is 0 Å². The van der Waals surface area contributed by atoms with Gasteiger partial charge in [0.05, 0.1) is 0 Å². The molecule has 0 radical (unpaired) electrons. The molecule has 2 atom stereocenters. The van der Waals surface area contributed by atoms with Crippen LogP contribution >= 0.6 is 11.8 Å². The van der Waals surface area contributed by atoms with Crippen molar-refractivity contribution < 1.29 is 0 Å². The minimum atomic E-state index is 0.831. The van der Waals surface area contributed by atoms with Gasteiger partial charge in [-0.1, -0.05) is 13.8 Å². The topological polar surface area (TPSA) is 15.3 Å². The average molecular weight is 256 g/mol. The minimum absolute atomic E-state index is 0.831. The maximum atomic E-state index is 3.45. The van der Waals surface area contributed by atoms with E-state index in [1.54, 1.807) is 0 Å². The van der Waals surface area contributed by atoms with Crippen LogP contribution < -0.4 is 5.32 Å². The zero-order valence-electron chi connectivity index (χ0n) is 11.5. The Morgan fingerprint density at radius 2 is 1.76 bits per heavy atom. The van der Waals surface area contributed by atoms with Crippen LogP contribution in [0, 0.1) is 5.92 Å². The van der Waals surface area contributed by atoms with Crippen LogP contribution in [0.2, 0.25) is 0 Å². The second-order valence-electron chi connectivity index (χ2n) is 5.85.